The lowest BCUT2D eigenvalue weighted by Gasteiger charge is -2.26. The third kappa shape index (κ3) is 1.75. The summed E-state index contributed by atoms with van der Waals surface area (Å²) in [5, 5.41) is 3.42. The Morgan fingerprint density at radius 1 is 1.41 bits per heavy atom. The smallest absolute Gasteiger partial charge is 0.126 e. The molecule has 0 spiro atoms. The quantitative estimate of drug-likeness (QED) is 0.845. The van der Waals surface area contributed by atoms with Crippen molar-refractivity contribution in [3.8, 4) is 5.75 Å². The molecule has 1 N–H and O–H groups in total. The van der Waals surface area contributed by atoms with Crippen LogP contribution in [0.4, 0.5) is 0 Å². The summed E-state index contributed by atoms with van der Waals surface area (Å²) in [6, 6.07) is 7.33. The Labute approximate surface area is 103 Å². The van der Waals surface area contributed by atoms with Crippen LogP contribution >= 0.6 is 0 Å². The maximum Gasteiger partial charge on any atom is 0.126 e. The van der Waals surface area contributed by atoms with E-state index in [4.69, 9.17) is 4.74 Å². The van der Waals surface area contributed by atoms with Crippen LogP contribution in [-0.4, -0.2) is 19.7 Å². The van der Waals surface area contributed by atoms with Gasteiger partial charge in [0.05, 0.1) is 6.61 Å². The van der Waals surface area contributed by atoms with Crippen LogP contribution in [0.1, 0.15) is 37.3 Å². The van der Waals surface area contributed by atoms with Crippen molar-refractivity contribution in [2.24, 2.45) is 0 Å². The van der Waals surface area contributed by atoms with E-state index >= 15 is 0 Å². The van der Waals surface area contributed by atoms with Gasteiger partial charge in [0.25, 0.3) is 0 Å². The highest BCUT2D eigenvalue weighted by atomic mass is 16.5. The van der Waals surface area contributed by atoms with Crippen molar-refractivity contribution >= 4 is 0 Å². The Hall–Kier alpha value is -1.02. The summed E-state index contributed by atoms with van der Waals surface area (Å²) in [4.78, 5) is 0. The van der Waals surface area contributed by atoms with E-state index in [0.717, 1.165) is 13.0 Å². The molecule has 92 valence electrons. The van der Waals surface area contributed by atoms with Gasteiger partial charge in [-0.3, -0.25) is 0 Å². The predicted molar refractivity (Wildman–Crippen MR) is 69.7 cm³/mol. The molecule has 0 bridgehead atoms. The van der Waals surface area contributed by atoms with Crippen molar-refractivity contribution in [3.63, 3.8) is 0 Å². The van der Waals surface area contributed by atoms with Crippen LogP contribution in [0.25, 0.3) is 0 Å². The van der Waals surface area contributed by atoms with Crippen molar-refractivity contribution in [2.75, 3.05) is 13.7 Å². The maximum absolute atomic E-state index is 5.86. The summed E-state index contributed by atoms with van der Waals surface area (Å²) in [6.07, 6.45) is 4.84. The first-order valence-corrected chi connectivity index (χ1v) is 6.65. The standard InChI is InChI=1S/C15H21NO/c1-15(8-6-12(10-15)16-2)13-5-3-4-11-7-9-17-14(11)13/h3-5,12,16H,6-10H2,1-2H3. The van der Waals surface area contributed by atoms with Gasteiger partial charge >= 0.3 is 0 Å². The number of hydrogen-bond acceptors (Lipinski definition) is 2. The van der Waals surface area contributed by atoms with Gasteiger partial charge in [0.2, 0.25) is 0 Å². The van der Waals surface area contributed by atoms with Gasteiger partial charge in [-0.2, -0.15) is 0 Å². The van der Waals surface area contributed by atoms with Crippen molar-refractivity contribution in [2.45, 2.75) is 44.1 Å². The molecule has 0 aromatic heterocycles. The zero-order valence-electron chi connectivity index (χ0n) is 10.8. The molecule has 2 heteroatoms. The topological polar surface area (TPSA) is 21.3 Å². The number of hydrogen-bond donors (Lipinski definition) is 1. The second-order valence-electron chi connectivity index (χ2n) is 5.68. The number of ether oxygens (including phenoxy) is 1. The molecule has 1 fully saturated rings. The maximum atomic E-state index is 5.86. The minimum Gasteiger partial charge on any atom is -0.493 e. The molecular weight excluding hydrogens is 210 g/mol. The minimum absolute atomic E-state index is 0.295. The van der Waals surface area contributed by atoms with E-state index in [0.29, 0.717) is 11.5 Å². The van der Waals surface area contributed by atoms with Gasteiger partial charge in [0, 0.05) is 18.0 Å². The molecule has 1 aliphatic carbocycles. The highest BCUT2D eigenvalue weighted by Crippen LogP contribution is 2.46. The molecule has 2 aliphatic rings. The summed E-state index contributed by atoms with van der Waals surface area (Å²) < 4.78 is 5.86. The van der Waals surface area contributed by atoms with E-state index in [1.165, 1.54) is 36.1 Å². The summed E-state index contributed by atoms with van der Waals surface area (Å²) >= 11 is 0. The lowest BCUT2D eigenvalue weighted by atomic mass is 9.79. The second-order valence-corrected chi connectivity index (χ2v) is 5.68. The third-order valence-electron chi connectivity index (χ3n) is 4.51. The van der Waals surface area contributed by atoms with Gasteiger partial charge in [-0.25, -0.2) is 0 Å². The first-order valence-electron chi connectivity index (χ1n) is 6.65. The molecular formula is C15H21NO. The van der Waals surface area contributed by atoms with E-state index in [2.05, 4.69) is 37.5 Å². The molecule has 3 rings (SSSR count). The van der Waals surface area contributed by atoms with E-state index in [-0.39, 0.29) is 0 Å². The van der Waals surface area contributed by atoms with Crippen LogP contribution in [0.2, 0.25) is 0 Å². The second kappa shape index (κ2) is 4.02. The van der Waals surface area contributed by atoms with Gasteiger partial charge < -0.3 is 10.1 Å². The van der Waals surface area contributed by atoms with Gasteiger partial charge in [0.1, 0.15) is 5.75 Å². The zero-order chi connectivity index (χ0) is 11.9. The molecule has 1 aliphatic heterocycles. The normalized spacial score (nSPS) is 31.3. The average molecular weight is 231 g/mol. The van der Waals surface area contributed by atoms with E-state index in [1.54, 1.807) is 0 Å². The van der Waals surface area contributed by atoms with Crippen LogP contribution in [0, 0.1) is 0 Å². The molecule has 0 amide bonds. The molecule has 2 unspecified atom stereocenters. The summed E-state index contributed by atoms with van der Waals surface area (Å²) in [5.41, 5.74) is 3.13. The first-order chi connectivity index (χ1) is 8.23. The Morgan fingerprint density at radius 3 is 3.06 bits per heavy atom. The lowest BCUT2D eigenvalue weighted by molar-refractivity contribution is 0.341. The average Bonchev–Trinajstić information content (AvgIpc) is 2.95. The van der Waals surface area contributed by atoms with Crippen molar-refractivity contribution in [1.82, 2.24) is 5.32 Å². The highest BCUT2D eigenvalue weighted by molar-refractivity contribution is 5.48. The fourth-order valence-electron chi connectivity index (χ4n) is 3.42. The minimum atomic E-state index is 0.295. The van der Waals surface area contributed by atoms with Crippen molar-refractivity contribution in [3.05, 3.63) is 29.3 Å². The molecule has 0 saturated heterocycles. The predicted octanol–water partition coefficient (Wildman–Crippen LogP) is 2.65. The van der Waals surface area contributed by atoms with Crippen LogP contribution in [0.5, 0.6) is 5.75 Å². The molecule has 2 nitrogen and oxygen atoms in total. The van der Waals surface area contributed by atoms with E-state index in [1.807, 2.05) is 0 Å². The molecule has 1 heterocycles. The van der Waals surface area contributed by atoms with Crippen molar-refractivity contribution in [1.29, 1.82) is 0 Å². The third-order valence-corrected chi connectivity index (χ3v) is 4.51. The number of rotatable bonds is 2. The van der Waals surface area contributed by atoms with Crippen LogP contribution in [0.15, 0.2) is 18.2 Å². The first kappa shape index (κ1) is 11.1. The van der Waals surface area contributed by atoms with E-state index in [9.17, 15) is 0 Å². The SMILES string of the molecule is CNC1CCC(C)(c2cccc3c2OCC3)C1. The molecule has 2 atom stereocenters. The Bertz CT molecular complexity index is 429. The van der Waals surface area contributed by atoms with Gasteiger partial charge in [-0.1, -0.05) is 25.1 Å². The molecule has 1 aromatic carbocycles. The highest BCUT2D eigenvalue weighted by Gasteiger charge is 2.38. The number of benzene rings is 1. The molecule has 17 heavy (non-hydrogen) atoms. The fraction of sp³-hybridized carbons (Fsp3) is 0.600. The summed E-state index contributed by atoms with van der Waals surface area (Å²) in [6.45, 7) is 3.25. The zero-order valence-corrected chi connectivity index (χ0v) is 10.8. The summed E-state index contributed by atoms with van der Waals surface area (Å²) in [7, 11) is 2.07. The Kier molecular flexibility index (Phi) is 2.62. The lowest BCUT2D eigenvalue weighted by Crippen LogP contribution is -2.26. The number of fused-ring (bicyclic) bond motifs is 1. The van der Waals surface area contributed by atoms with Crippen LogP contribution < -0.4 is 10.1 Å². The van der Waals surface area contributed by atoms with Crippen molar-refractivity contribution < 1.29 is 4.74 Å². The number of nitrogens with one attached hydrogen (secondary N) is 1. The van der Waals surface area contributed by atoms with E-state index < -0.39 is 0 Å². The van der Waals surface area contributed by atoms with Gasteiger partial charge in [-0.05, 0) is 37.3 Å². The van der Waals surface area contributed by atoms with Gasteiger partial charge in [-0.15, -0.1) is 0 Å². The Morgan fingerprint density at radius 2 is 2.29 bits per heavy atom. The molecule has 1 saturated carbocycles. The number of para-hydroxylation sites is 1. The van der Waals surface area contributed by atoms with Crippen LogP contribution in [-0.2, 0) is 11.8 Å². The molecule has 1 aromatic rings. The Balaban J connectivity index is 1.97. The molecule has 0 radical (unpaired) electrons. The van der Waals surface area contributed by atoms with Crippen LogP contribution in [0.3, 0.4) is 0 Å². The largest absolute Gasteiger partial charge is 0.493 e. The fourth-order valence-corrected chi connectivity index (χ4v) is 3.42. The summed E-state index contributed by atoms with van der Waals surface area (Å²) in [5.74, 6) is 1.19. The van der Waals surface area contributed by atoms with Gasteiger partial charge in [0.15, 0.2) is 0 Å². The monoisotopic (exact) mass is 231 g/mol.